The van der Waals surface area contributed by atoms with E-state index in [0.29, 0.717) is 11.1 Å². The Labute approximate surface area is 88.3 Å². The average molecular weight is 173 g/mol. The Balaban J connectivity index is 0. The number of amides is 2. The van der Waals surface area contributed by atoms with E-state index in [-0.39, 0.29) is 37.7 Å². The van der Waals surface area contributed by atoms with Crippen LogP contribution in [0.3, 0.4) is 0 Å². The summed E-state index contributed by atoms with van der Waals surface area (Å²) in [4.78, 5) is 21.9. The van der Waals surface area contributed by atoms with Gasteiger partial charge in [-0.25, -0.2) is 0 Å². The third-order valence-corrected chi connectivity index (χ3v) is 1.64. The van der Waals surface area contributed by atoms with Gasteiger partial charge in [-0.3, -0.25) is 14.9 Å². The average Bonchev–Trinajstić information content (AvgIpc) is 2.30. The minimum absolute atomic E-state index is 0. The number of carbonyl (C=O) groups excluding carboxylic acids is 2. The van der Waals surface area contributed by atoms with Crippen molar-refractivity contribution < 1.29 is 12.4 Å². The standard InChI is InChI=1S/C8H5NO2.Mg.2H/c10-7-5-3-1-2-4-6(5)8(11)9-7;;;/h1-4H,(H,9,10,11);;;/q;+2;2*-1. The number of hydrogen-bond acceptors (Lipinski definition) is 2. The smallest absolute Gasteiger partial charge is 1.00 e. The molecule has 0 spiro atoms. The SMILES string of the molecule is O=C1NC(=O)c2ccccc21.[H-].[H-].[Mg+2]. The minimum Gasteiger partial charge on any atom is -1.00 e. The molecule has 1 N–H and O–H groups in total. The third kappa shape index (κ3) is 1.23. The van der Waals surface area contributed by atoms with Crippen LogP contribution in [-0.2, 0) is 0 Å². The van der Waals surface area contributed by atoms with E-state index in [9.17, 15) is 9.59 Å². The van der Waals surface area contributed by atoms with E-state index in [2.05, 4.69) is 5.32 Å². The molecule has 4 heteroatoms. The summed E-state index contributed by atoms with van der Waals surface area (Å²) in [5.74, 6) is -0.601. The summed E-state index contributed by atoms with van der Waals surface area (Å²) in [5.41, 5.74) is 0.940. The van der Waals surface area contributed by atoms with Gasteiger partial charge in [-0.15, -0.1) is 0 Å². The Morgan fingerprint density at radius 1 is 1.00 bits per heavy atom. The van der Waals surface area contributed by atoms with E-state index in [0.717, 1.165) is 0 Å². The largest absolute Gasteiger partial charge is 2.00 e. The molecule has 2 amide bonds. The predicted molar refractivity (Wildman–Crippen MR) is 46.2 cm³/mol. The van der Waals surface area contributed by atoms with Crippen molar-refractivity contribution in [2.75, 3.05) is 0 Å². The summed E-state index contributed by atoms with van der Waals surface area (Å²) in [6.45, 7) is 0. The monoisotopic (exact) mass is 173 g/mol. The van der Waals surface area contributed by atoms with Gasteiger partial charge in [-0.1, -0.05) is 12.1 Å². The van der Waals surface area contributed by atoms with Crippen LogP contribution in [0.5, 0.6) is 0 Å². The second-order valence-electron chi connectivity index (χ2n) is 2.33. The molecular formula is C8H7MgNO2. The molecule has 0 aliphatic carbocycles. The molecule has 0 saturated heterocycles. The van der Waals surface area contributed by atoms with Gasteiger partial charge in [0.1, 0.15) is 0 Å². The van der Waals surface area contributed by atoms with Crippen molar-refractivity contribution in [1.29, 1.82) is 0 Å². The Morgan fingerprint density at radius 2 is 1.42 bits per heavy atom. The Morgan fingerprint density at radius 3 is 1.83 bits per heavy atom. The number of hydrogen-bond donors (Lipinski definition) is 1. The van der Waals surface area contributed by atoms with Crippen LogP contribution in [0.25, 0.3) is 0 Å². The first-order chi connectivity index (χ1) is 5.29. The van der Waals surface area contributed by atoms with Crippen LogP contribution >= 0.6 is 0 Å². The summed E-state index contributed by atoms with van der Waals surface area (Å²) in [6.07, 6.45) is 0. The van der Waals surface area contributed by atoms with E-state index >= 15 is 0 Å². The minimum atomic E-state index is -0.300. The molecule has 1 aromatic rings. The maximum Gasteiger partial charge on any atom is 2.00 e. The van der Waals surface area contributed by atoms with Crippen molar-refractivity contribution in [3.63, 3.8) is 0 Å². The molecule has 0 bridgehead atoms. The van der Waals surface area contributed by atoms with Crippen LogP contribution in [0, 0.1) is 0 Å². The maximum atomic E-state index is 10.9. The normalized spacial score (nSPS) is 13.3. The topological polar surface area (TPSA) is 46.2 Å². The van der Waals surface area contributed by atoms with E-state index in [1.807, 2.05) is 0 Å². The number of benzene rings is 1. The van der Waals surface area contributed by atoms with Crippen molar-refractivity contribution >= 4 is 34.9 Å². The summed E-state index contributed by atoms with van der Waals surface area (Å²) >= 11 is 0. The molecule has 1 aliphatic rings. The molecule has 0 fully saturated rings. The fourth-order valence-corrected chi connectivity index (χ4v) is 1.12. The van der Waals surface area contributed by atoms with Gasteiger partial charge in [-0.2, -0.15) is 0 Å². The van der Waals surface area contributed by atoms with E-state index in [4.69, 9.17) is 0 Å². The number of nitrogens with one attached hydrogen (secondary N) is 1. The first-order valence-electron chi connectivity index (χ1n) is 3.24. The van der Waals surface area contributed by atoms with Gasteiger partial charge in [0.15, 0.2) is 0 Å². The van der Waals surface area contributed by atoms with Crippen molar-refractivity contribution in [3.05, 3.63) is 35.4 Å². The van der Waals surface area contributed by atoms with Gasteiger partial charge < -0.3 is 2.85 Å². The maximum absolute atomic E-state index is 10.9. The number of rotatable bonds is 0. The zero-order valence-electron chi connectivity index (χ0n) is 8.33. The predicted octanol–water partition coefficient (Wildman–Crippen LogP) is 0.414. The Bertz CT molecular complexity index is 324. The van der Waals surface area contributed by atoms with Crippen molar-refractivity contribution in [3.8, 4) is 0 Å². The molecular weight excluding hydrogens is 166 g/mol. The van der Waals surface area contributed by atoms with E-state index < -0.39 is 0 Å². The first-order valence-corrected chi connectivity index (χ1v) is 3.24. The molecule has 1 heterocycles. The molecule has 0 unspecified atom stereocenters. The van der Waals surface area contributed by atoms with Crippen LogP contribution in [0.4, 0.5) is 0 Å². The molecule has 0 atom stereocenters. The quantitative estimate of drug-likeness (QED) is 0.456. The number of carbonyl (C=O) groups is 2. The molecule has 1 aromatic carbocycles. The van der Waals surface area contributed by atoms with E-state index in [1.54, 1.807) is 24.3 Å². The molecule has 0 radical (unpaired) electrons. The fourth-order valence-electron chi connectivity index (χ4n) is 1.12. The van der Waals surface area contributed by atoms with Gasteiger partial charge in [-0.05, 0) is 12.1 Å². The fraction of sp³-hybridized carbons (Fsp3) is 0. The Kier molecular flexibility index (Phi) is 2.49. The zero-order valence-corrected chi connectivity index (χ0v) is 7.75. The second kappa shape index (κ2) is 3.24. The van der Waals surface area contributed by atoms with Crippen molar-refractivity contribution in [2.45, 2.75) is 0 Å². The molecule has 3 nitrogen and oxygen atoms in total. The molecule has 0 saturated carbocycles. The molecule has 12 heavy (non-hydrogen) atoms. The molecule has 2 rings (SSSR count). The van der Waals surface area contributed by atoms with Gasteiger partial charge in [0, 0.05) is 0 Å². The van der Waals surface area contributed by atoms with Crippen molar-refractivity contribution in [2.24, 2.45) is 0 Å². The second-order valence-corrected chi connectivity index (χ2v) is 2.33. The number of imide groups is 1. The molecule has 1 aliphatic heterocycles. The first kappa shape index (κ1) is 9.22. The van der Waals surface area contributed by atoms with Gasteiger partial charge in [0.2, 0.25) is 0 Å². The summed E-state index contributed by atoms with van der Waals surface area (Å²) in [7, 11) is 0. The summed E-state index contributed by atoms with van der Waals surface area (Å²) in [5, 5.41) is 2.20. The van der Waals surface area contributed by atoms with Gasteiger partial charge in [0.05, 0.1) is 11.1 Å². The van der Waals surface area contributed by atoms with Crippen LogP contribution < -0.4 is 5.32 Å². The van der Waals surface area contributed by atoms with Gasteiger partial charge in [0.25, 0.3) is 11.8 Å². The Hall–Kier alpha value is -0.874. The summed E-state index contributed by atoms with van der Waals surface area (Å²) in [6, 6.07) is 6.74. The van der Waals surface area contributed by atoms with Crippen molar-refractivity contribution in [1.82, 2.24) is 5.32 Å². The molecule has 58 valence electrons. The van der Waals surface area contributed by atoms with Crippen LogP contribution in [0.1, 0.15) is 23.6 Å². The number of fused-ring (bicyclic) bond motifs is 1. The van der Waals surface area contributed by atoms with E-state index in [1.165, 1.54) is 0 Å². The van der Waals surface area contributed by atoms with Crippen LogP contribution in [0.2, 0.25) is 0 Å². The third-order valence-electron chi connectivity index (χ3n) is 1.64. The molecule has 0 aromatic heterocycles. The van der Waals surface area contributed by atoms with Crippen LogP contribution in [-0.4, -0.2) is 34.9 Å². The van der Waals surface area contributed by atoms with Crippen LogP contribution in [0.15, 0.2) is 24.3 Å². The van der Waals surface area contributed by atoms with Gasteiger partial charge >= 0.3 is 23.1 Å². The summed E-state index contributed by atoms with van der Waals surface area (Å²) < 4.78 is 0. The zero-order chi connectivity index (χ0) is 7.84.